The molecule has 3 rings (SSSR count). The Morgan fingerprint density at radius 2 is 1.94 bits per heavy atom. The number of aryl methyl sites for hydroxylation is 3. The normalized spacial score (nSPS) is 14.3. The van der Waals surface area contributed by atoms with Gasteiger partial charge in [0.1, 0.15) is 0 Å². The summed E-state index contributed by atoms with van der Waals surface area (Å²) in [7, 11) is 0. The van der Waals surface area contributed by atoms with E-state index in [0.717, 1.165) is 17.7 Å². The van der Waals surface area contributed by atoms with Crippen LogP contribution in [-0.2, 0) is 18.6 Å². The van der Waals surface area contributed by atoms with Crippen LogP contribution in [0.25, 0.3) is 10.9 Å². The Morgan fingerprint density at radius 3 is 2.71 bits per heavy atom. The topological polar surface area (TPSA) is 12.9 Å². The molecule has 88 valence electrons. The van der Waals surface area contributed by atoms with Crippen LogP contribution in [0.5, 0.6) is 0 Å². The highest BCUT2D eigenvalue weighted by Crippen LogP contribution is 2.32. The fourth-order valence-electron chi connectivity index (χ4n) is 2.80. The Bertz CT molecular complexity index is 602. The van der Waals surface area contributed by atoms with Crippen molar-refractivity contribution in [2.24, 2.45) is 0 Å². The zero-order valence-electron chi connectivity index (χ0n) is 10.4. The Balaban J connectivity index is 2.41. The van der Waals surface area contributed by atoms with Crippen molar-refractivity contribution in [3.63, 3.8) is 0 Å². The molecule has 0 radical (unpaired) electrons. The van der Waals surface area contributed by atoms with Gasteiger partial charge in [-0.05, 0) is 67.5 Å². The highest BCUT2D eigenvalue weighted by molar-refractivity contribution is 7.79. The number of hydrogen-bond acceptors (Lipinski definition) is 2. The summed E-state index contributed by atoms with van der Waals surface area (Å²) in [5, 5.41) is 1.31. The maximum Gasteiger partial charge on any atom is 0.0711 e. The molecule has 0 atom stereocenters. The average Bonchev–Trinajstić information content (AvgIpc) is 2.75. The van der Waals surface area contributed by atoms with Crippen molar-refractivity contribution in [1.29, 1.82) is 0 Å². The van der Waals surface area contributed by atoms with Crippen molar-refractivity contribution in [2.45, 2.75) is 38.9 Å². The molecule has 1 aromatic carbocycles. The molecule has 0 aliphatic heterocycles. The van der Waals surface area contributed by atoms with E-state index in [1.165, 1.54) is 46.2 Å². The molecule has 2 aromatic rings. The predicted molar refractivity (Wildman–Crippen MR) is 75.9 cm³/mol. The van der Waals surface area contributed by atoms with Gasteiger partial charge in [0.25, 0.3) is 0 Å². The standard InChI is InChI=1S/C15H17NS/c1-9-6-12-13(8-17)11-4-3-5-14(11)16-15(12)7-10(9)2/h6-7,17H,3-5,8H2,1-2H3. The van der Waals surface area contributed by atoms with Crippen molar-refractivity contribution < 1.29 is 0 Å². The van der Waals surface area contributed by atoms with Crippen molar-refractivity contribution >= 4 is 23.5 Å². The number of fused-ring (bicyclic) bond motifs is 2. The second-order valence-electron chi connectivity index (χ2n) is 4.98. The van der Waals surface area contributed by atoms with Crippen molar-refractivity contribution in [3.8, 4) is 0 Å². The zero-order valence-corrected chi connectivity index (χ0v) is 11.3. The van der Waals surface area contributed by atoms with Crippen LogP contribution >= 0.6 is 12.6 Å². The quantitative estimate of drug-likeness (QED) is 0.752. The van der Waals surface area contributed by atoms with Crippen LogP contribution in [-0.4, -0.2) is 4.98 Å². The lowest BCUT2D eigenvalue weighted by Crippen LogP contribution is -1.98. The lowest BCUT2D eigenvalue weighted by molar-refractivity contribution is 0.899. The molecule has 0 fully saturated rings. The predicted octanol–water partition coefficient (Wildman–Crippen LogP) is 3.77. The molecule has 0 bridgehead atoms. The van der Waals surface area contributed by atoms with Gasteiger partial charge in [-0.1, -0.05) is 0 Å². The van der Waals surface area contributed by atoms with Gasteiger partial charge in [0.15, 0.2) is 0 Å². The van der Waals surface area contributed by atoms with Crippen LogP contribution in [0.2, 0.25) is 0 Å². The molecule has 1 aliphatic rings. The highest BCUT2D eigenvalue weighted by atomic mass is 32.1. The second-order valence-corrected chi connectivity index (χ2v) is 5.30. The first-order chi connectivity index (χ1) is 8.20. The summed E-state index contributed by atoms with van der Waals surface area (Å²) in [5.41, 5.74) is 8.01. The monoisotopic (exact) mass is 243 g/mol. The Labute approximate surface area is 108 Å². The molecular formula is C15H17NS. The summed E-state index contributed by atoms with van der Waals surface area (Å²) in [5.74, 6) is 0.823. The average molecular weight is 243 g/mol. The fraction of sp³-hybridized carbons (Fsp3) is 0.400. The van der Waals surface area contributed by atoms with E-state index in [2.05, 4.69) is 38.6 Å². The maximum absolute atomic E-state index is 4.83. The van der Waals surface area contributed by atoms with Gasteiger partial charge < -0.3 is 0 Å². The zero-order chi connectivity index (χ0) is 12.0. The summed E-state index contributed by atoms with van der Waals surface area (Å²) < 4.78 is 0. The van der Waals surface area contributed by atoms with Gasteiger partial charge in [-0.25, -0.2) is 0 Å². The first-order valence-corrected chi connectivity index (χ1v) is 6.86. The molecular weight excluding hydrogens is 226 g/mol. The van der Waals surface area contributed by atoms with Gasteiger partial charge in [0.2, 0.25) is 0 Å². The third-order valence-electron chi connectivity index (χ3n) is 3.90. The van der Waals surface area contributed by atoms with Gasteiger partial charge in [0.05, 0.1) is 5.52 Å². The van der Waals surface area contributed by atoms with Crippen LogP contribution < -0.4 is 0 Å². The smallest absolute Gasteiger partial charge is 0.0711 e. The van der Waals surface area contributed by atoms with Crippen molar-refractivity contribution in [2.75, 3.05) is 0 Å². The molecule has 0 amide bonds. The molecule has 1 nitrogen and oxygen atoms in total. The lowest BCUT2D eigenvalue weighted by Gasteiger charge is -2.12. The first kappa shape index (κ1) is 11.1. The number of hydrogen-bond donors (Lipinski definition) is 1. The third-order valence-corrected chi connectivity index (χ3v) is 4.22. The number of aromatic nitrogens is 1. The van der Waals surface area contributed by atoms with Gasteiger partial charge >= 0.3 is 0 Å². The van der Waals surface area contributed by atoms with Crippen molar-refractivity contribution in [1.82, 2.24) is 4.98 Å². The summed E-state index contributed by atoms with van der Waals surface area (Å²) in [4.78, 5) is 4.83. The van der Waals surface area contributed by atoms with Crippen LogP contribution in [0.4, 0.5) is 0 Å². The van der Waals surface area contributed by atoms with Gasteiger partial charge in [0, 0.05) is 16.8 Å². The van der Waals surface area contributed by atoms with Gasteiger partial charge in [-0.15, -0.1) is 0 Å². The minimum absolute atomic E-state index is 0.823. The van der Waals surface area contributed by atoms with Crippen LogP contribution in [0.3, 0.4) is 0 Å². The van der Waals surface area contributed by atoms with E-state index in [1.54, 1.807) is 0 Å². The number of rotatable bonds is 1. The van der Waals surface area contributed by atoms with E-state index in [9.17, 15) is 0 Å². The Kier molecular flexibility index (Phi) is 2.62. The molecule has 0 spiro atoms. The SMILES string of the molecule is Cc1cc2nc3c(c(CS)c2cc1C)CCC3. The first-order valence-electron chi connectivity index (χ1n) is 6.23. The van der Waals surface area contributed by atoms with E-state index in [1.807, 2.05) is 0 Å². The summed E-state index contributed by atoms with van der Waals surface area (Å²) >= 11 is 4.52. The largest absolute Gasteiger partial charge is 0.253 e. The molecule has 2 heteroatoms. The Hall–Kier alpha value is -1.02. The fourth-order valence-corrected chi connectivity index (χ4v) is 3.16. The maximum atomic E-state index is 4.83. The summed E-state index contributed by atoms with van der Waals surface area (Å²) in [6, 6.07) is 4.50. The molecule has 0 N–H and O–H groups in total. The van der Waals surface area contributed by atoms with Crippen LogP contribution in [0, 0.1) is 13.8 Å². The molecule has 0 saturated carbocycles. The summed E-state index contributed by atoms with van der Waals surface area (Å²) in [6.45, 7) is 4.33. The molecule has 17 heavy (non-hydrogen) atoms. The van der Waals surface area contributed by atoms with Gasteiger partial charge in [-0.3, -0.25) is 4.98 Å². The van der Waals surface area contributed by atoms with E-state index >= 15 is 0 Å². The number of pyridine rings is 1. The summed E-state index contributed by atoms with van der Waals surface area (Å²) in [6.07, 6.45) is 3.57. The molecule has 1 aromatic heterocycles. The second kappa shape index (κ2) is 4.02. The van der Waals surface area contributed by atoms with Crippen LogP contribution in [0.15, 0.2) is 12.1 Å². The highest BCUT2D eigenvalue weighted by Gasteiger charge is 2.18. The minimum atomic E-state index is 0.823. The van der Waals surface area contributed by atoms with E-state index in [4.69, 9.17) is 4.98 Å². The minimum Gasteiger partial charge on any atom is -0.253 e. The molecule has 1 heterocycles. The number of thiol groups is 1. The number of nitrogens with zero attached hydrogens (tertiary/aromatic N) is 1. The third kappa shape index (κ3) is 1.66. The number of benzene rings is 1. The molecule has 0 unspecified atom stereocenters. The molecule has 0 saturated heterocycles. The molecule has 1 aliphatic carbocycles. The van der Waals surface area contributed by atoms with Crippen molar-refractivity contribution in [3.05, 3.63) is 40.1 Å². The van der Waals surface area contributed by atoms with Crippen LogP contribution in [0.1, 0.15) is 34.4 Å². The Morgan fingerprint density at radius 1 is 1.18 bits per heavy atom. The van der Waals surface area contributed by atoms with E-state index in [0.29, 0.717) is 0 Å². The lowest BCUT2D eigenvalue weighted by atomic mass is 9.99. The van der Waals surface area contributed by atoms with Gasteiger partial charge in [-0.2, -0.15) is 12.6 Å². The van der Waals surface area contributed by atoms with E-state index < -0.39 is 0 Å². The van der Waals surface area contributed by atoms with E-state index in [-0.39, 0.29) is 0 Å².